The number of unbranched alkanes of at least 4 members (excludes halogenated alkanes) is 2. The van der Waals surface area contributed by atoms with Gasteiger partial charge in [-0.3, -0.25) is 19.3 Å². The Balaban J connectivity index is 2.02. The van der Waals surface area contributed by atoms with Gasteiger partial charge in [0, 0.05) is 6.42 Å². The van der Waals surface area contributed by atoms with Crippen LogP contribution in [-0.4, -0.2) is 29.0 Å². The molecule has 0 radical (unpaired) electrons. The predicted molar refractivity (Wildman–Crippen MR) is 71.0 cm³/mol. The summed E-state index contributed by atoms with van der Waals surface area (Å²) in [5.41, 5.74) is 0.794. The molecule has 0 unspecified atom stereocenters. The van der Waals surface area contributed by atoms with Crippen molar-refractivity contribution in [1.82, 2.24) is 4.90 Å². The quantitative estimate of drug-likeness (QED) is 0.582. The SMILES string of the molecule is CCCCCC(=O)CN1C(=O)c2ccccc2C1=O. The molecule has 1 aliphatic heterocycles. The minimum absolute atomic E-state index is 0.0528. The fraction of sp³-hybridized carbons (Fsp3) is 0.400. The molecule has 2 rings (SSSR count). The van der Waals surface area contributed by atoms with Crippen molar-refractivity contribution >= 4 is 17.6 Å². The number of carbonyl (C=O) groups excluding carboxylic acids is 3. The molecule has 0 aliphatic carbocycles. The molecule has 19 heavy (non-hydrogen) atoms. The van der Waals surface area contributed by atoms with E-state index in [1.165, 1.54) is 0 Å². The number of hydrogen-bond donors (Lipinski definition) is 0. The average Bonchev–Trinajstić information content (AvgIpc) is 2.65. The zero-order valence-corrected chi connectivity index (χ0v) is 11.0. The van der Waals surface area contributed by atoms with E-state index in [1.54, 1.807) is 24.3 Å². The molecule has 2 amide bonds. The van der Waals surface area contributed by atoms with Crippen molar-refractivity contribution in [3.63, 3.8) is 0 Å². The normalized spacial score (nSPS) is 13.8. The molecule has 4 heteroatoms. The molecular formula is C15H17NO3. The van der Waals surface area contributed by atoms with E-state index in [0.29, 0.717) is 17.5 Å². The van der Waals surface area contributed by atoms with Crippen LogP contribution in [0.2, 0.25) is 0 Å². The lowest BCUT2D eigenvalue weighted by atomic mass is 10.1. The Labute approximate surface area is 112 Å². The van der Waals surface area contributed by atoms with E-state index in [1.807, 2.05) is 0 Å². The van der Waals surface area contributed by atoms with Gasteiger partial charge in [-0.05, 0) is 18.6 Å². The maximum absolute atomic E-state index is 12.0. The van der Waals surface area contributed by atoms with Crippen LogP contribution in [-0.2, 0) is 4.79 Å². The summed E-state index contributed by atoms with van der Waals surface area (Å²) in [6, 6.07) is 6.68. The lowest BCUT2D eigenvalue weighted by Gasteiger charge is -2.12. The first-order chi connectivity index (χ1) is 9.15. The minimum Gasteiger partial charge on any atom is -0.298 e. The molecule has 0 saturated carbocycles. The Morgan fingerprint density at radius 1 is 1.05 bits per heavy atom. The number of carbonyl (C=O) groups is 3. The van der Waals surface area contributed by atoms with Crippen LogP contribution in [0, 0.1) is 0 Å². The lowest BCUT2D eigenvalue weighted by molar-refractivity contribution is -0.119. The summed E-state index contributed by atoms with van der Waals surface area (Å²) in [6.45, 7) is 1.96. The molecule has 0 saturated heterocycles. The Bertz CT molecular complexity index is 487. The summed E-state index contributed by atoms with van der Waals surface area (Å²) < 4.78 is 0. The summed E-state index contributed by atoms with van der Waals surface area (Å²) >= 11 is 0. The fourth-order valence-corrected chi connectivity index (χ4v) is 2.21. The van der Waals surface area contributed by atoms with Crippen LogP contribution in [0.25, 0.3) is 0 Å². The van der Waals surface area contributed by atoms with E-state index in [-0.39, 0.29) is 24.1 Å². The molecular weight excluding hydrogens is 242 g/mol. The highest BCUT2D eigenvalue weighted by molar-refractivity contribution is 6.22. The number of hydrogen-bond acceptors (Lipinski definition) is 3. The van der Waals surface area contributed by atoms with Crippen molar-refractivity contribution in [1.29, 1.82) is 0 Å². The van der Waals surface area contributed by atoms with Crippen LogP contribution in [0.15, 0.2) is 24.3 Å². The second-order valence-corrected chi connectivity index (χ2v) is 4.74. The number of imide groups is 1. The van der Waals surface area contributed by atoms with Gasteiger partial charge in [0.25, 0.3) is 11.8 Å². The number of rotatable bonds is 6. The largest absolute Gasteiger partial charge is 0.298 e. The van der Waals surface area contributed by atoms with Crippen LogP contribution in [0.4, 0.5) is 0 Å². The Morgan fingerprint density at radius 3 is 2.16 bits per heavy atom. The van der Waals surface area contributed by atoms with Gasteiger partial charge in [-0.15, -0.1) is 0 Å². The molecule has 1 aromatic rings. The molecule has 0 fully saturated rings. The Kier molecular flexibility index (Phi) is 4.10. The first-order valence-electron chi connectivity index (χ1n) is 6.62. The average molecular weight is 259 g/mol. The van der Waals surface area contributed by atoms with Gasteiger partial charge >= 0.3 is 0 Å². The van der Waals surface area contributed by atoms with Gasteiger partial charge in [-0.1, -0.05) is 31.9 Å². The van der Waals surface area contributed by atoms with Gasteiger partial charge in [0.05, 0.1) is 17.7 Å². The van der Waals surface area contributed by atoms with E-state index >= 15 is 0 Å². The topological polar surface area (TPSA) is 54.5 Å². The molecule has 0 N–H and O–H groups in total. The van der Waals surface area contributed by atoms with Crippen molar-refractivity contribution in [3.8, 4) is 0 Å². The Hall–Kier alpha value is -1.97. The second kappa shape index (κ2) is 5.78. The maximum atomic E-state index is 12.0. The molecule has 1 aliphatic rings. The van der Waals surface area contributed by atoms with E-state index in [0.717, 1.165) is 24.2 Å². The van der Waals surface area contributed by atoms with Crippen LogP contribution in [0.5, 0.6) is 0 Å². The summed E-state index contributed by atoms with van der Waals surface area (Å²) in [4.78, 5) is 36.9. The molecule has 1 aromatic carbocycles. The van der Waals surface area contributed by atoms with Gasteiger partial charge in [0.1, 0.15) is 0 Å². The maximum Gasteiger partial charge on any atom is 0.261 e. The molecule has 0 atom stereocenters. The number of fused-ring (bicyclic) bond motifs is 1. The first-order valence-corrected chi connectivity index (χ1v) is 6.62. The minimum atomic E-state index is -0.357. The highest BCUT2D eigenvalue weighted by Crippen LogP contribution is 2.22. The summed E-state index contributed by atoms with van der Waals surface area (Å²) in [5, 5.41) is 0. The van der Waals surface area contributed by atoms with Crippen molar-refractivity contribution < 1.29 is 14.4 Å². The number of Topliss-reactive ketones (excluding diaryl/α,β-unsaturated/α-hetero) is 1. The third kappa shape index (κ3) is 2.72. The number of ketones is 1. The molecule has 4 nitrogen and oxygen atoms in total. The van der Waals surface area contributed by atoms with Crippen LogP contribution < -0.4 is 0 Å². The Morgan fingerprint density at radius 2 is 1.63 bits per heavy atom. The molecule has 0 aromatic heterocycles. The standard InChI is InChI=1S/C15H17NO3/c1-2-3-4-7-11(17)10-16-14(18)12-8-5-6-9-13(12)15(16)19/h5-6,8-9H,2-4,7,10H2,1H3. The van der Waals surface area contributed by atoms with Crippen LogP contribution in [0.3, 0.4) is 0 Å². The van der Waals surface area contributed by atoms with Gasteiger partial charge in [0.15, 0.2) is 5.78 Å². The number of benzene rings is 1. The van der Waals surface area contributed by atoms with Crippen molar-refractivity contribution in [2.75, 3.05) is 6.54 Å². The zero-order chi connectivity index (χ0) is 13.8. The van der Waals surface area contributed by atoms with E-state index < -0.39 is 0 Å². The monoisotopic (exact) mass is 259 g/mol. The predicted octanol–water partition coefficient (Wildman–Crippen LogP) is 2.43. The molecule has 0 bridgehead atoms. The summed E-state index contributed by atoms with van der Waals surface area (Å²) in [5.74, 6) is -0.767. The second-order valence-electron chi connectivity index (χ2n) is 4.74. The van der Waals surface area contributed by atoms with E-state index in [2.05, 4.69) is 6.92 Å². The number of amides is 2. The van der Waals surface area contributed by atoms with Gasteiger partial charge in [-0.25, -0.2) is 0 Å². The van der Waals surface area contributed by atoms with Crippen LogP contribution >= 0.6 is 0 Å². The third-order valence-corrected chi connectivity index (χ3v) is 3.27. The zero-order valence-electron chi connectivity index (χ0n) is 11.0. The van der Waals surface area contributed by atoms with Crippen molar-refractivity contribution in [3.05, 3.63) is 35.4 Å². The van der Waals surface area contributed by atoms with Crippen LogP contribution in [0.1, 0.15) is 53.3 Å². The van der Waals surface area contributed by atoms with Gasteiger partial charge < -0.3 is 0 Å². The molecule has 0 spiro atoms. The van der Waals surface area contributed by atoms with E-state index in [4.69, 9.17) is 0 Å². The third-order valence-electron chi connectivity index (χ3n) is 3.27. The van der Waals surface area contributed by atoms with Gasteiger partial charge in [-0.2, -0.15) is 0 Å². The number of nitrogens with zero attached hydrogens (tertiary/aromatic N) is 1. The first kappa shape index (κ1) is 13.5. The van der Waals surface area contributed by atoms with Gasteiger partial charge in [0.2, 0.25) is 0 Å². The molecule has 100 valence electrons. The van der Waals surface area contributed by atoms with Crippen molar-refractivity contribution in [2.45, 2.75) is 32.6 Å². The highest BCUT2D eigenvalue weighted by atomic mass is 16.2. The molecule has 1 heterocycles. The van der Waals surface area contributed by atoms with Crippen molar-refractivity contribution in [2.24, 2.45) is 0 Å². The van der Waals surface area contributed by atoms with E-state index in [9.17, 15) is 14.4 Å². The highest BCUT2D eigenvalue weighted by Gasteiger charge is 2.35. The lowest BCUT2D eigenvalue weighted by Crippen LogP contribution is -2.34. The summed E-state index contributed by atoms with van der Waals surface area (Å²) in [7, 11) is 0. The smallest absolute Gasteiger partial charge is 0.261 e. The fourth-order valence-electron chi connectivity index (χ4n) is 2.21. The summed E-state index contributed by atoms with van der Waals surface area (Å²) in [6.07, 6.45) is 3.29.